The van der Waals surface area contributed by atoms with Crippen LogP contribution in [0, 0.1) is 0 Å². The molecule has 0 radical (unpaired) electrons. The fourth-order valence-corrected chi connectivity index (χ4v) is 2.17. The SMILES string of the molecule is CNC(Cc1ccn(C)n1)c1ccccc1Cl. The van der Waals surface area contributed by atoms with Gasteiger partial charge in [-0.05, 0) is 24.7 Å². The van der Waals surface area contributed by atoms with Gasteiger partial charge >= 0.3 is 0 Å². The number of nitrogens with zero attached hydrogens (tertiary/aromatic N) is 2. The van der Waals surface area contributed by atoms with Crippen molar-refractivity contribution in [3.05, 3.63) is 52.8 Å². The van der Waals surface area contributed by atoms with Crippen molar-refractivity contribution in [1.82, 2.24) is 15.1 Å². The van der Waals surface area contributed by atoms with Crippen molar-refractivity contribution in [2.24, 2.45) is 7.05 Å². The fourth-order valence-electron chi connectivity index (χ4n) is 1.91. The molecule has 1 atom stereocenters. The monoisotopic (exact) mass is 249 g/mol. The van der Waals surface area contributed by atoms with Gasteiger partial charge in [0.05, 0.1) is 5.69 Å². The van der Waals surface area contributed by atoms with Crippen LogP contribution in [0.4, 0.5) is 0 Å². The molecule has 0 aliphatic rings. The van der Waals surface area contributed by atoms with Crippen molar-refractivity contribution in [1.29, 1.82) is 0 Å². The highest BCUT2D eigenvalue weighted by molar-refractivity contribution is 6.31. The van der Waals surface area contributed by atoms with Gasteiger partial charge in [-0.15, -0.1) is 0 Å². The van der Waals surface area contributed by atoms with Gasteiger partial charge in [0.15, 0.2) is 0 Å². The molecule has 1 N–H and O–H groups in total. The third-order valence-corrected chi connectivity index (χ3v) is 3.16. The van der Waals surface area contributed by atoms with E-state index >= 15 is 0 Å². The Morgan fingerprint density at radius 2 is 2.12 bits per heavy atom. The lowest BCUT2D eigenvalue weighted by Crippen LogP contribution is -2.19. The van der Waals surface area contributed by atoms with Crippen molar-refractivity contribution < 1.29 is 0 Å². The Hall–Kier alpha value is -1.32. The van der Waals surface area contributed by atoms with E-state index in [1.807, 2.05) is 55.3 Å². The summed E-state index contributed by atoms with van der Waals surface area (Å²) in [5.74, 6) is 0. The van der Waals surface area contributed by atoms with Gasteiger partial charge in [-0.25, -0.2) is 0 Å². The van der Waals surface area contributed by atoms with Crippen LogP contribution in [0.1, 0.15) is 17.3 Å². The normalized spacial score (nSPS) is 12.6. The van der Waals surface area contributed by atoms with Crippen LogP contribution in [0.25, 0.3) is 0 Å². The van der Waals surface area contributed by atoms with E-state index in [-0.39, 0.29) is 6.04 Å². The Morgan fingerprint density at radius 1 is 1.35 bits per heavy atom. The van der Waals surface area contributed by atoms with E-state index in [0.29, 0.717) is 0 Å². The number of nitrogens with one attached hydrogen (secondary N) is 1. The Kier molecular flexibility index (Phi) is 3.82. The predicted molar refractivity (Wildman–Crippen MR) is 70.2 cm³/mol. The quantitative estimate of drug-likeness (QED) is 0.903. The summed E-state index contributed by atoms with van der Waals surface area (Å²) in [5.41, 5.74) is 2.18. The van der Waals surface area contributed by atoms with Crippen molar-refractivity contribution >= 4 is 11.6 Å². The Labute approximate surface area is 106 Å². The van der Waals surface area contributed by atoms with E-state index in [4.69, 9.17) is 11.6 Å². The van der Waals surface area contributed by atoms with E-state index in [2.05, 4.69) is 10.4 Å². The third-order valence-electron chi connectivity index (χ3n) is 2.81. The van der Waals surface area contributed by atoms with Crippen LogP contribution in [-0.4, -0.2) is 16.8 Å². The first-order valence-corrected chi connectivity index (χ1v) is 5.98. The minimum absolute atomic E-state index is 0.193. The van der Waals surface area contributed by atoms with Gasteiger partial charge in [-0.1, -0.05) is 29.8 Å². The van der Waals surface area contributed by atoms with Gasteiger partial charge in [0.1, 0.15) is 0 Å². The third kappa shape index (κ3) is 2.87. The molecule has 0 bridgehead atoms. The minimum Gasteiger partial charge on any atom is -0.313 e. The maximum absolute atomic E-state index is 6.20. The van der Waals surface area contributed by atoms with Gasteiger partial charge in [-0.2, -0.15) is 5.10 Å². The first kappa shape index (κ1) is 12.1. The lowest BCUT2D eigenvalue weighted by Gasteiger charge is -2.16. The molecule has 17 heavy (non-hydrogen) atoms. The predicted octanol–water partition coefficient (Wildman–Crippen LogP) is 2.58. The van der Waals surface area contributed by atoms with Crippen LogP contribution < -0.4 is 5.32 Å². The molecule has 3 nitrogen and oxygen atoms in total. The Bertz CT molecular complexity index is 493. The summed E-state index contributed by atoms with van der Waals surface area (Å²) in [4.78, 5) is 0. The summed E-state index contributed by atoms with van der Waals surface area (Å²) < 4.78 is 1.81. The number of aromatic nitrogens is 2. The van der Waals surface area contributed by atoms with Gasteiger partial charge in [0.2, 0.25) is 0 Å². The second-order valence-electron chi connectivity index (χ2n) is 4.05. The molecule has 1 aromatic carbocycles. The van der Waals surface area contributed by atoms with Gasteiger partial charge in [-0.3, -0.25) is 4.68 Å². The zero-order valence-corrected chi connectivity index (χ0v) is 10.8. The van der Waals surface area contributed by atoms with E-state index in [9.17, 15) is 0 Å². The molecule has 0 aliphatic heterocycles. The highest BCUT2D eigenvalue weighted by Gasteiger charge is 2.14. The average Bonchev–Trinajstić information content (AvgIpc) is 2.73. The van der Waals surface area contributed by atoms with Crippen molar-refractivity contribution in [3.8, 4) is 0 Å². The number of halogens is 1. The zero-order valence-electron chi connectivity index (χ0n) is 10.0. The molecule has 0 fully saturated rings. The molecule has 0 saturated carbocycles. The molecule has 2 rings (SSSR count). The summed E-state index contributed by atoms with van der Waals surface area (Å²) in [6.45, 7) is 0. The van der Waals surface area contributed by atoms with Crippen LogP contribution in [0.5, 0.6) is 0 Å². The van der Waals surface area contributed by atoms with E-state index in [0.717, 1.165) is 22.7 Å². The summed E-state index contributed by atoms with van der Waals surface area (Å²) in [5, 5.41) is 8.46. The molecular formula is C13H16ClN3. The first-order valence-electron chi connectivity index (χ1n) is 5.61. The standard InChI is InChI=1S/C13H16ClN3/c1-15-13(9-10-7-8-17(2)16-10)11-5-3-4-6-12(11)14/h3-8,13,15H,9H2,1-2H3. The van der Waals surface area contributed by atoms with Crippen LogP contribution >= 0.6 is 11.6 Å². The Balaban J connectivity index is 2.20. The highest BCUT2D eigenvalue weighted by atomic mass is 35.5. The van der Waals surface area contributed by atoms with Crippen LogP contribution in [0.15, 0.2) is 36.5 Å². The number of likely N-dealkylation sites (N-methyl/N-ethyl adjacent to an activating group) is 1. The fraction of sp³-hybridized carbons (Fsp3) is 0.308. The zero-order chi connectivity index (χ0) is 12.3. The molecule has 0 amide bonds. The van der Waals surface area contributed by atoms with Crippen molar-refractivity contribution in [2.75, 3.05) is 7.05 Å². The van der Waals surface area contributed by atoms with Gasteiger partial charge in [0.25, 0.3) is 0 Å². The molecule has 1 aromatic heterocycles. The minimum atomic E-state index is 0.193. The van der Waals surface area contributed by atoms with Crippen LogP contribution in [0.2, 0.25) is 5.02 Å². The number of rotatable bonds is 4. The number of aryl methyl sites for hydroxylation is 1. The summed E-state index contributed by atoms with van der Waals surface area (Å²) >= 11 is 6.20. The lowest BCUT2D eigenvalue weighted by atomic mass is 10.0. The molecule has 90 valence electrons. The van der Waals surface area contributed by atoms with Crippen LogP contribution in [-0.2, 0) is 13.5 Å². The Morgan fingerprint density at radius 3 is 2.71 bits per heavy atom. The molecule has 0 saturated heterocycles. The molecule has 1 unspecified atom stereocenters. The molecule has 2 aromatic rings. The smallest absolute Gasteiger partial charge is 0.0643 e. The molecule has 4 heteroatoms. The highest BCUT2D eigenvalue weighted by Crippen LogP contribution is 2.24. The van der Waals surface area contributed by atoms with Crippen molar-refractivity contribution in [2.45, 2.75) is 12.5 Å². The van der Waals surface area contributed by atoms with E-state index < -0.39 is 0 Å². The number of benzene rings is 1. The van der Waals surface area contributed by atoms with E-state index in [1.54, 1.807) is 0 Å². The van der Waals surface area contributed by atoms with Gasteiger partial charge < -0.3 is 5.32 Å². The van der Waals surface area contributed by atoms with Crippen LogP contribution in [0.3, 0.4) is 0 Å². The largest absolute Gasteiger partial charge is 0.313 e. The topological polar surface area (TPSA) is 29.9 Å². The summed E-state index contributed by atoms with van der Waals surface area (Å²) in [7, 11) is 3.87. The second kappa shape index (κ2) is 5.34. The maximum atomic E-state index is 6.20. The average molecular weight is 250 g/mol. The molecule has 0 aliphatic carbocycles. The lowest BCUT2D eigenvalue weighted by molar-refractivity contribution is 0.577. The number of hydrogen-bond donors (Lipinski definition) is 1. The second-order valence-corrected chi connectivity index (χ2v) is 4.45. The molecule has 1 heterocycles. The summed E-state index contributed by atoms with van der Waals surface area (Å²) in [6.07, 6.45) is 2.79. The molecular weight excluding hydrogens is 234 g/mol. The summed E-state index contributed by atoms with van der Waals surface area (Å²) in [6, 6.07) is 10.1. The van der Waals surface area contributed by atoms with Crippen molar-refractivity contribution in [3.63, 3.8) is 0 Å². The van der Waals surface area contributed by atoms with Gasteiger partial charge in [0, 0.05) is 30.7 Å². The number of hydrogen-bond acceptors (Lipinski definition) is 2. The van der Waals surface area contributed by atoms with E-state index in [1.165, 1.54) is 0 Å². The molecule has 0 spiro atoms. The first-order chi connectivity index (χ1) is 8.20. The maximum Gasteiger partial charge on any atom is 0.0643 e.